The molecule has 1 atom stereocenters. The van der Waals surface area contributed by atoms with Crippen LogP contribution in [0, 0.1) is 0 Å². The van der Waals surface area contributed by atoms with Crippen LogP contribution in [-0.2, 0) is 6.54 Å². The highest BCUT2D eigenvalue weighted by atomic mass is 16.5. The smallest absolute Gasteiger partial charge is 0.124 e. The second-order valence-electron chi connectivity index (χ2n) is 5.00. The van der Waals surface area contributed by atoms with Gasteiger partial charge in [0, 0.05) is 23.9 Å². The Morgan fingerprint density at radius 1 is 1.24 bits per heavy atom. The van der Waals surface area contributed by atoms with Crippen LogP contribution in [-0.4, -0.2) is 22.9 Å². The third kappa shape index (κ3) is 3.85. The summed E-state index contributed by atoms with van der Waals surface area (Å²) in [7, 11) is 0. The van der Waals surface area contributed by atoms with Gasteiger partial charge in [0.2, 0.25) is 0 Å². The molecule has 2 rings (SSSR count). The average molecular weight is 287 g/mol. The van der Waals surface area contributed by atoms with Gasteiger partial charge in [-0.3, -0.25) is 4.68 Å². The summed E-state index contributed by atoms with van der Waals surface area (Å²) in [6.45, 7) is 8.81. The van der Waals surface area contributed by atoms with Gasteiger partial charge in [-0.2, -0.15) is 5.10 Å². The molecule has 1 aromatic heterocycles. The van der Waals surface area contributed by atoms with Crippen molar-refractivity contribution >= 4 is 0 Å². The molecule has 0 saturated heterocycles. The van der Waals surface area contributed by atoms with Gasteiger partial charge in [0.05, 0.1) is 18.8 Å². The van der Waals surface area contributed by atoms with Crippen LogP contribution >= 0.6 is 0 Å². The van der Waals surface area contributed by atoms with Crippen LogP contribution in [0.3, 0.4) is 0 Å². The molecule has 0 aliphatic heterocycles. The Bertz CT molecular complexity index is 550. The minimum absolute atomic E-state index is 0.114. The van der Waals surface area contributed by atoms with E-state index in [-0.39, 0.29) is 6.04 Å². The zero-order chi connectivity index (χ0) is 15.1. The van der Waals surface area contributed by atoms with E-state index >= 15 is 0 Å². The van der Waals surface area contributed by atoms with Crippen molar-refractivity contribution in [2.24, 2.45) is 0 Å². The molecule has 114 valence electrons. The van der Waals surface area contributed by atoms with Crippen molar-refractivity contribution in [1.82, 2.24) is 15.1 Å². The predicted molar refractivity (Wildman–Crippen MR) is 85.6 cm³/mol. The molecule has 0 aliphatic carbocycles. The molecule has 1 N–H and O–H groups in total. The zero-order valence-corrected chi connectivity index (χ0v) is 13.2. The Morgan fingerprint density at radius 3 is 2.76 bits per heavy atom. The third-order valence-electron chi connectivity index (χ3n) is 3.38. The van der Waals surface area contributed by atoms with E-state index in [9.17, 15) is 0 Å². The molecule has 4 heteroatoms. The Labute approximate surface area is 127 Å². The molecule has 0 amide bonds. The second kappa shape index (κ2) is 7.84. The summed E-state index contributed by atoms with van der Waals surface area (Å²) >= 11 is 0. The van der Waals surface area contributed by atoms with E-state index in [1.807, 2.05) is 29.9 Å². The topological polar surface area (TPSA) is 39.1 Å². The molecular formula is C17H25N3O. The van der Waals surface area contributed by atoms with Crippen molar-refractivity contribution in [2.45, 2.75) is 39.8 Å². The third-order valence-corrected chi connectivity index (χ3v) is 3.38. The van der Waals surface area contributed by atoms with Crippen LogP contribution in [0.1, 0.15) is 44.4 Å². The summed E-state index contributed by atoms with van der Waals surface area (Å²) in [5.74, 6) is 0.939. The van der Waals surface area contributed by atoms with Gasteiger partial charge in [0.15, 0.2) is 0 Å². The highest BCUT2D eigenvalue weighted by Crippen LogP contribution is 2.29. The average Bonchev–Trinajstić information content (AvgIpc) is 2.95. The van der Waals surface area contributed by atoms with Gasteiger partial charge < -0.3 is 10.1 Å². The van der Waals surface area contributed by atoms with Crippen molar-refractivity contribution in [3.05, 3.63) is 47.8 Å². The number of ether oxygens (including phenoxy) is 1. The Hall–Kier alpha value is -1.81. The molecule has 4 nitrogen and oxygen atoms in total. The Balaban J connectivity index is 2.33. The van der Waals surface area contributed by atoms with Crippen LogP contribution in [0.2, 0.25) is 0 Å². The van der Waals surface area contributed by atoms with Crippen molar-refractivity contribution in [3.63, 3.8) is 0 Å². The Morgan fingerprint density at radius 2 is 2.05 bits per heavy atom. The number of para-hydroxylation sites is 1. The van der Waals surface area contributed by atoms with Crippen LogP contribution in [0.15, 0.2) is 36.7 Å². The molecule has 0 bridgehead atoms. The summed E-state index contributed by atoms with van der Waals surface area (Å²) in [6.07, 6.45) is 5.16. The summed E-state index contributed by atoms with van der Waals surface area (Å²) in [5.41, 5.74) is 2.34. The number of hydrogen-bond donors (Lipinski definition) is 1. The van der Waals surface area contributed by atoms with Gasteiger partial charge in [-0.05, 0) is 26.0 Å². The lowest BCUT2D eigenvalue weighted by Crippen LogP contribution is -2.22. The van der Waals surface area contributed by atoms with Crippen LogP contribution in [0.5, 0.6) is 5.75 Å². The maximum absolute atomic E-state index is 5.77. The molecule has 0 aliphatic rings. The van der Waals surface area contributed by atoms with E-state index in [4.69, 9.17) is 4.74 Å². The van der Waals surface area contributed by atoms with E-state index in [0.717, 1.165) is 30.8 Å². The van der Waals surface area contributed by atoms with Gasteiger partial charge in [-0.15, -0.1) is 0 Å². The number of benzene rings is 1. The second-order valence-corrected chi connectivity index (χ2v) is 5.00. The lowest BCUT2D eigenvalue weighted by Gasteiger charge is -2.20. The van der Waals surface area contributed by atoms with Crippen molar-refractivity contribution < 1.29 is 4.74 Å². The predicted octanol–water partition coefficient (Wildman–Crippen LogP) is 3.39. The van der Waals surface area contributed by atoms with E-state index in [1.54, 1.807) is 0 Å². The first-order valence-electron chi connectivity index (χ1n) is 7.77. The fourth-order valence-electron chi connectivity index (χ4n) is 2.50. The van der Waals surface area contributed by atoms with Gasteiger partial charge in [0.1, 0.15) is 5.75 Å². The van der Waals surface area contributed by atoms with Crippen LogP contribution in [0.4, 0.5) is 0 Å². The molecule has 0 spiro atoms. The fraction of sp³-hybridized carbons (Fsp3) is 0.471. The molecule has 1 aromatic carbocycles. The molecule has 1 heterocycles. The number of aromatic nitrogens is 2. The highest BCUT2D eigenvalue weighted by Gasteiger charge is 2.18. The van der Waals surface area contributed by atoms with Gasteiger partial charge >= 0.3 is 0 Å². The molecule has 0 fully saturated rings. The summed E-state index contributed by atoms with van der Waals surface area (Å²) in [5, 5.41) is 7.98. The monoisotopic (exact) mass is 287 g/mol. The summed E-state index contributed by atoms with van der Waals surface area (Å²) in [6, 6.07) is 8.33. The lowest BCUT2D eigenvalue weighted by atomic mass is 10.0. The minimum atomic E-state index is 0.114. The first-order valence-corrected chi connectivity index (χ1v) is 7.77. The number of rotatable bonds is 8. The number of hydrogen-bond acceptors (Lipinski definition) is 3. The van der Waals surface area contributed by atoms with Crippen LogP contribution < -0.4 is 10.1 Å². The van der Waals surface area contributed by atoms with Gasteiger partial charge in [-0.1, -0.05) is 32.0 Å². The fourth-order valence-corrected chi connectivity index (χ4v) is 2.50. The van der Waals surface area contributed by atoms with E-state index in [0.29, 0.717) is 6.61 Å². The maximum Gasteiger partial charge on any atom is 0.124 e. The van der Waals surface area contributed by atoms with Crippen molar-refractivity contribution in [3.8, 4) is 5.75 Å². The molecule has 0 radical (unpaired) electrons. The minimum Gasteiger partial charge on any atom is -0.494 e. The van der Waals surface area contributed by atoms with Gasteiger partial charge in [0.25, 0.3) is 0 Å². The first-order chi connectivity index (χ1) is 10.3. The summed E-state index contributed by atoms with van der Waals surface area (Å²) < 4.78 is 7.78. The maximum atomic E-state index is 5.77. The van der Waals surface area contributed by atoms with E-state index in [2.05, 4.69) is 42.6 Å². The first kappa shape index (κ1) is 15.6. The molecule has 1 unspecified atom stereocenters. The van der Waals surface area contributed by atoms with Crippen LogP contribution in [0.25, 0.3) is 0 Å². The lowest BCUT2D eigenvalue weighted by molar-refractivity contribution is 0.333. The Kier molecular flexibility index (Phi) is 5.81. The van der Waals surface area contributed by atoms with E-state index < -0.39 is 0 Å². The van der Waals surface area contributed by atoms with Gasteiger partial charge in [-0.25, -0.2) is 0 Å². The molecule has 2 aromatic rings. The standard InChI is InChI=1S/C17H25N3O/c1-4-11-20-13-14(12-19-20)17(18-5-2)15-9-7-8-10-16(15)21-6-3/h7-10,12-13,17-18H,4-6,11H2,1-3H3. The highest BCUT2D eigenvalue weighted by molar-refractivity contribution is 5.40. The number of aryl methyl sites for hydroxylation is 1. The molecule has 21 heavy (non-hydrogen) atoms. The largest absolute Gasteiger partial charge is 0.494 e. The van der Waals surface area contributed by atoms with E-state index in [1.165, 1.54) is 5.56 Å². The molecule has 0 saturated carbocycles. The SMILES string of the molecule is CCCn1cc(C(NCC)c2ccccc2OCC)cn1. The number of nitrogens with one attached hydrogen (secondary N) is 1. The zero-order valence-electron chi connectivity index (χ0n) is 13.2. The summed E-state index contributed by atoms with van der Waals surface area (Å²) in [4.78, 5) is 0. The van der Waals surface area contributed by atoms with Crippen molar-refractivity contribution in [1.29, 1.82) is 0 Å². The molecular weight excluding hydrogens is 262 g/mol. The van der Waals surface area contributed by atoms with Crippen molar-refractivity contribution in [2.75, 3.05) is 13.2 Å². The number of nitrogens with zero attached hydrogens (tertiary/aromatic N) is 2. The normalized spacial score (nSPS) is 12.3. The quantitative estimate of drug-likeness (QED) is 0.809.